The highest BCUT2D eigenvalue weighted by Crippen LogP contribution is 2.10. The minimum Gasteiger partial charge on any atom is -0.369 e. The summed E-state index contributed by atoms with van der Waals surface area (Å²) in [6.45, 7) is 1.98. The summed E-state index contributed by atoms with van der Waals surface area (Å²) in [5.74, 6) is 0.415. The summed E-state index contributed by atoms with van der Waals surface area (Å²) >= 11 is 0. The zero-order valence-corrected chi connectivity index (χ0v) is 6.13. The van der Waals surface area contributed by atoms with E-state index in [0.717, 1.165) is 11.1 Å². The molecule has 0 bridgehead atoms. The lowest BCUT2D eigenvalue weighted by Gasteiger charge is -1.88. The summed E-state index contributed by atoms with van der Waals surface area (Å²) in [5, 5.41) is 0. The molecule has 0 unspecified atom stereocenters. The number of nitrogens with zero attached hydrogens (tertiary/aromatic N) is 2. The van der Waals surface area contributed by atoms with Gasteiger partial charge in [0, 0.05) is 6.20 Å². The minimum absolute atomic E-state index is 0.415. The molecule has 3 N–H and O–H groups in total. The predicted molar refractivity (Wildman–Crippen MR) is 43.0 cm³/mol. The van der Waals surface area contributed by atoms with Crippen molar-refractivity contribution in [3.63, 3.8) is 0 Å². The van der Waals surface area contributed by atoms with Crippen LogP contribution in [0.5, 0.6) is 0 Å². The molecule has 2 rings (SSSR count). The first-order valence-corrected chi connectivity index (χ1v) is 3.33. The smallest absolute Gasteiger partial charge is 0.200 e. The lowest BCUT2D eigenvalue weighted by Crippen LogP contribution is -1.84. The van der Waals surface area contributed by atoms with E-state index >= 15 is 0 Å². The number of pyridine rings is 1. The summed E-state index contributed by atoms with van der Waals surface area (Å²) in [6.07, 6.45) is 1.77. The van der Waals surface area contributed by atoms with Crippen molar-refractivity contribution in [3.8, 4) is 0 Å². The van der Waals surface area contributed by atoms with Gasteiger partial charge in [-0.05, 0) is 18.6 Å². The molecule has 0 radical (unpaired) electrons. The van der Waals surface area contributed by atoms with Crippen LogP contribution in [0, 0.1) is 6.92 Å². The lowest BCUT2D eigenvalue weighted by atomic mass is 10.3. The Hall–Kier alpha value is -1.58. The van der Waals surface area contributed by atoms with Crippen LogP contribution in [0.4, 0.5) is 5.95 Å². The van der Waals surface area contributed by atoms with Gasteiger partial charge in [-0.25, -0.2) is 4.98 Å². The number of rotatable bonds is 0. The molecule has 56 valence electrons. The normalized spacial score (nSPS) is 10.6. The molecule has 0 atom stereocenters. The molecule has 2 aromatic rings. The maximum absolute atomic E-state index is 5.43. The number of anilines is 1. The number of fused-ring (bicyclic) bond motifs is 1. The highest BCUT2D eigenvalue weighted by molar-refractivity contribution is 5.73. The topological polar surface area (TPSA) is 67.6 Å². The van der Waals surface area contributed by atoms with Gasteiger partial charge < -0.3 is 10.7 Å². The molecule has 0 amide bonds. The van der Waals surface area contributed by atoms with E-state index in [1.165, 1.54) is 0 Å². The van der Waals surface area contributed by atoms with Crippen molar-refractivity contribution in [3.05, 3.63) is 17.8 Å². The minimum atomic E-state index is 0.415. The number of hydrogen-bond acceptors (Lipinski definition) is 3. The van der Waals surface area contributed by atoms with Gasteiger partial charge in [-0.1, -0.05) is 0 Å². The summed E-state index contributed by atoms with van der Waals surface area (Å²) < 4.78 is 0. The zero-order valence-electron chi connectivity index (χ0n) is 6.13. The number of H-pyrrole nitrogens is 1. The number of imidazole rings is 1. The fraction of sp³-hybridized carbons (Fsp3) is 0.143. The Labute approximate surface area is 63.5 Å². The largest absolute Gasteiger partial charge is 0.369 e. The first-order valence-electron chi connectivity index (χ1n) is 3.33. The molecule has 0 saturated heterocycles. The molecule has 0 aliphatic rings. The van der Waals surface area contributed by atoms with Crippen LogP contribution in [0.2, 0.25) is 0 Å². The maximum atomic E-state index is 5.43. The van der Waals surface area contributed by atoms with E-state index in [9.17, 15) is 0 Å². The summed E-state index contributed by atoms with van der Waals surface area (Å²) in [4.78, 5) is 10.9. The number of aromatic amines is 1. The molecule has 0 aromatic carbocycles. The zero-order chi connectivity index (χ0) is 7.84. The van der Waals surface area contributed by atoms with E-state index in [1.807, 2.05) is 13.0 Å². The molecule has 0 aliphatic heterocycles. The quantitative estimate of drug-likeness (QED) is 0.582. The van der Waals surface area contributed by atoms with Crippen LogP contribution in [0.15, 0.2) is 12.3 Å². The third-order valence-corrected chi connectivity index (χ3v) is 1.49. The molecule has 0 saturated carbocycles. The van der Waals surface area contributed by atoms with Gasteiger partial charge in [0.1, 0.15) is 0 Å². The van der Waals surface area contributed by atoms with E-state index in [1.54, 1.807) is 6.20 Å². The first kappa shape index (κ1) is 6.15. The fourth-order valence-electron chi connectivity index (χ4n) is 1.02. The molecule has 2 aromatic heterocycles. The van der Waals surface area contributed by atoms with Gasteiger partial charge in [0.2, 0.25) is 0 Å². The second-order valence-corrected chi connectivity index (χ2v) is 2.51. The van der Waals surface area contributed by atoms with Crippen LogP contribution in [-0.4, -0.2) is 15.0 Å². The van der Waals surface area contributed by atoms with Gasteiger partial charge in [-0.2, -0.15) is 4.98 Å². The fourth-order valence-corrected chi connectivity index (χ4v) is 1.02. The van der Waals surface area contributed by atoms with Gasteiger partial charge in [0.25, 0.3) is 0 Å². The van der Waals surface area contributed by atoms with E-state index in [0.29, 0.717) is 11.6 Å². The molecule has 2 heterocycles. The number of aromatic nitrogens is 3. The van der Waals surface area contributed by atoms with E-state index in [4.69, 9.17) is 5.73 Å². The van der Waals surface area contributed by atoms with Crippen molar-refractivity contribution in [2.24, 2.45) is 0 Å². The Balaban J connectivity index is 2.82. The standard InChI is InChI=1S/C7H8N4/c1-4-2-5-6(9-3-4)11-7(8)10-5/h2-3H,1H3,(H3,8,9,10,11). The number of hydrogen-bond donors (Lipinski definition) is 2. The van der Waals surface area contributed by atoms with Gasteiger partial charge in [-0.3, -0.25) is 0 Å². The third kappa shape index (κ3) is 0.920. The van der Waals surface area contributed by atoms with Crippen molar-refractivity contribution in [1.29, 1.82) is 0 Å². The summed E-state index contributed by atoms with van der Waals surface area (Å²) in [5.41, 5.74) is 8.10. The Morgan fingerprint density at radius 3 is 3.18 bits per heavy atom. The predicted octanol–water partition coefficient (Wildman–Crippen LogP) is 0.849. The molecular weight excluding hydrogens is 140 g/mol. The van der Waals surface area contributed by atoms with Crippen molar-refractivity contribution in [2.45, 2.75) is 6.92 Å². The Morgan fingerprint density at radius 1 is 1.55 bits per heavy atom. The van der Waals surface area contributed by atoms with Crippen LogP contribution in [0.3, 0.4) is 0 Å². The van der Waals surface area contributed by atoms with Gasteiger partial charge in [0.15, 0.2) is 11.6 Å². The van der Waals surface area contributed by atoms with Crippen LogP contribution in [-0.2, 0) is 0 Å². The van der Waals surface area contributed by atoms with Crippen LogP contribution in [0.25, 0.3) is 11.2 Å². The van der Waals surface area contributed by atoms with Crippen molar-refractivity contribution in [2.75, 3.05) is 5.73 Å². The molecule has 0 spiro atoms. The Kier molecular flexibility index (Phi) is 1.09. The lowest BCUT2D eigenvalue weighted by molar-refractivity contribution is 1.29. The molecule has 11 heavy (non-hydrogen) atoms. The van der Waals surface area contributed by atoms with Crippen LogP contribution < -0.4 is 5.73 Å². The third-order valence-electron chi connectivity index (χ3n) is 1.49. The molecule has 0 aliphatic carbocycles. The average Bonchev–Trinajstić information content (AvgIpc) is 2.27. The number of nitrogens with one attached hydrogen (secondary N) is 1. The van der Waals surface area contributed by atoms with Crippen molar-refractivity contribution >= 4 is 17.1 Å². The SMILES string of the molecule is Cc1cnc2nc(N)[nH]c2c1. The molecular formula is C7H8N4. The second kappa shape index (κ2) is 1.95. The second-order valence-electron chi connectivity index (χ2n) is 2.51. The van der Waals surface area contributed by atoms with E-state index in [-0.39, 0.29) is 0 Å². The van der Waals surface area contributed by atoms with Gasteiger partial charge in [0.05, 0.1) is 5.52 Å². The Bertz CT molecular complexity index is 390. The highest BCUT2D eigenvalue weighted by Gasteiger charge is 1.98. The van der Waals surface area contributed by atoms with E-state index < -0.39 is 0 Å². The van der Waals surface area contributed by atoms with Crippen LogP contribution >= 0.6 is 0 Å². The van der Waals surface area contributed by atoms with E-state index in [2.05, 4.69) is 15.0 Å². The molecule has 4 heteroatoms. The number of nitrogen functional groups attached to an aromatic ring is 1. The molecule has 4 nitrogen and oxygen atoms in total. The van der Waals surface area contributed by atoms with Gasteiger partial charge in [-0.15, -0.1) is 0 Å². The maximum Gasteiger partial charge on any atom is 0.200 e. The average molecular weight is 148 g/mol. The number of nitrogens with two attached hydrogens (primary N) is 1. The Morgan fingerprint density at radius 2 is 2.36 bits per heavy atom. The summed E-state index contributed by atoms with van der Waals surface area (Å²) in [7, 11) is 0. The van der Waals surface area contributed by atoms with Crippen molar-refractivity contribution < 1.29 is 0 Å². The number of aryl methyl sites for hydroxylation is 1. The van der Waals surface area contributed by atoms with Gasteiger partial charge >= 0.3 is 0 Å². The summed E-state index contributed by atoms with van der Waals surface area (Å²) in [6, 6.07) is 1.96. The monoisotopic (exact) mass is 148 g/mol. The van der Waals surface area contributed by atoms with Crippen molar-refractivity contribution in [1.82, 2.24) is 15.0 Å². The first-order chi connectivity index (χ1) is 5.25. The molecule has 0 fully saturated rings. The van der Waals surface area contributed by atoms with Crippen LogP contribution in [0.1, 0.15) is 5.56 Å². The highest BCUT2D eigenvalue weighted by atomic mass is 15.1.